The maximum absolute atomic E-state index is 9.70. The Morgan fingerprint density at radius 2 is 2.04 bits per heavy atom. The minimum Gasteiger partial charge on any atom is -0.508 e. The van der Waals surface area contributed by atoms with E-state index in [1.165, 1.54) is 4.88 Å². The summed E-state index contributed by atoms with van der Waals surface area (Å²) < 4.78 is 0. The number of rotatable bonds is 4. The minimum atomic E-state index is 0.211. The second kappa shape index (κ2) is 6.49. The van der Waals surface area contributed by atoms with Crippen LogP contribution in [0.25, 0.3) is 21.6 Å². The Labute approximate surface area is 149 Å². The summed E-state index contributed by atoms with van der Waals surface area (Å²) in [5.74, 6) is 1.57. The summed E-state index contributed by atoms with van der Waals surface area (Å²) in [6, 6.07) is 12.9. The lowest BCUT2D eigenvalue weighted by atomic mass is 10.2. The lowest BCUT2D eigenvalue weighted by Crippen LogP contribution is -1.98. The summed E-state index contributed by atoms with van der Waals surface area (Å²) in [5, 5.41) is 14.0. The van der Waals surface area contributed by atoms with Gasteiger partial charge in [0.25, 0.3) is 0 Å². The molecule has 0 aliphatic rings. The van der Waals surface area contributed by atoms with Crippen molar-refractivity contribution < 1.29 is 5.11 Å². The average Bonchev–Trinajstić information content (AvgIpc) is 3.06. The van der Waals surface area contributed by atoms with Crippen molar-refractivity contribution in [1.82, 2.24) is 15.0 Å². The van der Waals surface area contributed by atoms with Gasteiger partial charge in [0.05, 0.1) is 5.39 Å². The third kappa shape index (κ3) is 3.16. The number of phenols is 1. The normalized spacial score (nSPS) is 10.9. The molecular weight excluding hydrogens is 332 g/mol. The number of aryl methyl sites for hydroxylation is 1. The Balaban J connectivity index is 1.86. The van der Waals surface area contributed by atoms with Crippen molar-refractivity contribution in [3.05, 3.63) is 59.7 Å². The molecule has 0 atom stereocenters. The number of hydrogen-bond donors (Lipinski definition) is 2. The lowest BCUT2D eigenvalue weighted by Gasteiger charge is -2.09. The molecule has 25 heavy (non-hydrogen) atoms. The van der Waals surface area contributed by atoms with Crippen LogP contribution < -0.4 is 5.32 Å². The van der Waals surface area contributed by atoms with Crippen molar-refractivity contribution in [2.45, 2.75) is 13.3 Å². The number of aromatic hydroxyl groups is 1. The molecule has 0 saturated carbocycles. The van der Waals surface area contributed by atoms with Gasteiger partial charge in [-0.15, -0.1) is 11.3 Å². The zero-order valence-corrected chi connectivity index (χ0v) is 14.4. The Morgan fingerprint density at radius 3 is 2.80 bits per heavy atom. The topological polar surface area (TPSA) is 70.9 Å². The van der Waals surface area contributed by atoms with E-state index in [4.69, 9.17) is 9.97 Å². The molecule has 0 aliphatic carbocycles. The van der Waals surface area contributed by atoms with E-state index in [1.807, 2.05) is 18.2 Å². The van der Waals surface area contributed by atoms with Gasteiger partial charge < -0.3 is 10.4 Å². The van der Waals surface area contributed by atoms with E-state index in [0.29, 0.717) is 5.82 Å². The highest BCUT2D eigenvalue weighted by Gasteiger charge is 2.13. The first-order valence-corrected chi connectivity index (χ1v) is 8.81. The number of thiophene rings is 1. The highest BCUT2D eigenvalue weighted by atomic mass is 32.1. The minimum absolute atomic E-state index is 0.211. The van der Waals surface area contributed by atoms with Crippen molar-refractivity contribution in [1.29, 1.82) is 0 Å². The van der Waals surface area contributed by atoms with E-state index in [9.17, 15) is 5.11 Å². The van der Waals surface area contributed by atoms with Crippen LogP contribution in [-0.2, 0) is 6.42 Å². The fraction of sp³-hybridized carbons (Fsp3) is 0.105. The Morgan fingerprint density at radius 1 is 1.12 bits per heavy atom. The van der Waals surface area contributed by atoms with E-state index in [1.54, 1.807) is 41.9 Å². The summed E-state index contributed by atoms with van der Waals surface area (Å²) in [7, 11) is 0. The summed E-state index contributed by atoms with van der Waals surface area (Å²) in [4.78, 5) is 15.8. The second-order valence-corrected chi connectivity index (χ2v) is 6.71. The van der Waals surface area contributed by atoms with Crippen molar-refractivity contribution in [2.24, 2.45) is 0 Å². The standard InChI is InChI=1S/C19H16N4OS/c1-2-15-10-16-18(21-13-6-3-7-14(24)9-13)22-17(23-19(16)25-15)12-5-4-8-20-11-12/h3-11,24H,2H2,1H3,(H,21,22,23). The quantitative estimate of drug-likeness (QED) is 0.556. The summed E-state index contributed by atoms with van der Waals surface area (Å²) in [5.41, 5.74) is 1.65. The highest BCUT2D eigenvalue weighted by Crippen LogP contribution is 2.33. The molecule has 0 fully saturated rings. The number of pyridine rings is 1. The molecule has 0 aliphatic heterocycles. The lowest BCUT2D eigenvalue weighted by molar-refractivity contribution is 0.475. The van der Waals surface area contributed by atoms with Gasteiger partial charge in [0.1, 0.15) is 16.4 Å². The number of aromatic nitrogens is 3. The number of hydrogen-bond acceptors (Lipinski definition) is 6. The van der Waals surface area contributed by atoms with Crippen LogP contribution in [0.3, 0.4) is 0 Å². The Bertz CT molecular complexity index is 1030. The summed E-state index contributed by atoms with van der Waals surface area (Å²) in [6.07, 6.45) is 4.44. The molecule has 3 aromatic heterocycles. The van der Waals surface area contributed by atoms with Crippen LogP contribution >= 0.6 is 11.3 Å². The van der Waals surface area contributed by atoms with Crippen LogP contribution in [0.15, 0.2) is 54.9 Å². The average molecular weight is 348 g/mol. The summed E-state index contributed by atoms with van der Waals surface area (Å²) in [6.45, 7) is 2.13. The van der Waals surface area contributed by atoms with Gasteiger partial charge in [-0.1, -0.05) is 13.0 Å². The highest BCUT2D eigenvalue weighted by molar-refractivity contribution is 7.18. The third-order valence-corrected chi connectivity index (χ3v) is 4.99. The van der Waals surface area contributed by atoms with Gasteiger partial charge in [-0.2, -0.15) is 0 Å². The van der Waals surface area contributed by atoms with Gasteiger partial charge in [0.2, 0.25) is 0 Å². The largest absolute Gasteiger partial charge is 0.508 e. The molecule has 4 aromatic rings. The number of benzene rings is 1. The fourth-order valence-corrected chi connectivity index (χ4v) is 3.55. The molecule has 6 heteroatoms. The molecule has 4 rings (SSSR count). The third-order valence-electron chi connectivity index (χ3n) is 3.82. The SMILES string of the molecule is CCc1cc2c(Nc3cccc(O)c3)nc(-c3cccnc3)nc2s1. The van der Waals surface area contributed by atoms with E-state index < -0.39 is 0 Å². The smallest absolute Gasteiger partial charge is 0.164 e. The molecule has 0 bridgehead atoms. The number of fused-ring (bicyclic) bond motifs is 1. The van der Waals surface area contributed by atoms with Gasteiger partial charge >= 0.3 is 0 Å². The van der Waals surface area contributed by atoms with Gasteiger partial charge in [0, 0.05) is 34.6 Å². The first-order chi connectivity index (χ1) is 12.2. The van der Waals surface area contributed by atoms with Crippen molar-refractivity contribution in [3.8, 4) is 17.1 Å². The van der Waals surface area contributed by atoms with Crippen LogP contribution in [0.2, 0.25) is 0 Å². The molecule has 0 spiro atoms. The van der Waals surface area contributed by atoms with E-state index in [-0.39, 0.29) is 5.75 Å². The van der Waals surface area contributed by atoms with Gasteiger partial charge in [-0.25, -0.2) is 9.97 Å². The molecule has 0 unspecified atom stereocenters. The Hall–Kier alpha value is -2.99. The number of nitrogens with one attached hydrogen (secondary N) is 1. The molecule has 1 aromatic carbocycles. The van der Waals surface area contributed by atoms with Crippen molar-refractivity contribution in [3.63, 3.8) is 0 Å². The number of phenolic OH excluding ortho intramolecular Hbond substituents is 1. The van der Waals surface area contributed by atoms with Gasteiger partial charge in [-0.05, 0) is 36.8 Å². The van der Waals surface area contributed by atoms with Crippen LogP contribution in [0.4, 0.5) is 11.5 Å². The first-order valence-electron chi connectivity index (χ1n) is 8.00. The molecule has 2 N–H and O–H groups in total. The predicted octanol–water partition coefficient (Wildman–Crippen LogP) is 4.76. The molecule has 0 saturated heterocycles. The maximum atomic E-state index is 9.70. The zero-order valence-electron chi connectivity index (χ0n) is 13.6. The monoisotopic (exact) mass is 348 g/mol. The second-order valence-electron chi connectivity index (χ2n) is 5.60. The maximum Gasteiger partial charge on any atom is 0.164 e. The van der Waals surface area contributed by atoms with E-state index in [0.717, 1.165) is 33.7 Å². The Kier molecular flexibility index (Phi) is 4.03. The van der Waals surface area contributed by atoms with Crippen LogP contribution in [0.1, 0.15) is 11.8 Å². The fourth-order valence-electron chi connectivity index (χ4n) is 2.59. The number of anilines is 2. The molecule has 5 nitrogen and oxygen atoms in total. The van der Waals surface area contributed by atoms with Crippen LogP contribution in [0, 0.1) is 0 Å². The molecule has 0 radical (unpaired) electrons. The van der Waals surface area contributed by atoms with Gasteiger partial charge in [-0.3, -0.25) is 4.98 Å². The van der Waals surface area contributed by atoms with Crippen LogP contribution in [-0.4, -0.2) is 20.1 Å². The van der Waals surface area contributed by atoms with Crippen molar-refractivity contribution in [2.75, 3.05) is 5.32 Å². The molecular formula is C19H16N4OS. The van der Waals surface area contributed by atoms with E-state index >= 15 is 0 Å². The van der Waals surface area contributed by atoms with E-state index in [2.05, 4.69) is 23.3 Å². The van der Waals surface area contributed by atoms with Crippen molar-refractivity contribution >= 4 is 33.1 Å². The zero-order chi connectivity index (χ0) is 17.2. The molecule has 3 heterocycles. The number of nitrogens with zero attached hydrogens (tertiary/aromatic N) is 3. The summed E-state index contributed by atoms with van der Waals surface area (Å²) >= 11 is 1.67. The molecule has 124 valence electrons. The van der Waals surface area contributed by atoms with Gasteiger partial charge in [0.15, 0.2) is 5.82 Å². The molecule has 0 amide bonds. The predicted molar refractivity (Wildman–Crippen MR) is 101 cm³/mol. The van der Waals surface area contributed by atoms with Crippen LogP contribution in [0.5, 0.6) is 5.75 Å². The first kappa shape index (κ1) is 15.5.